The summed E-state index contributed by atoms with van der Waals surface area (Å²) in [7, 11) is -4.07. The van der Waals surface area contributed by atoms with Crippen LogP contribution >= 0.6 is 0 Å². The molecule has 3 aromatic rings. The summed E-state index contributed by atoms with van der Waals surface area (Å²) in [4.78, 5) is 17.1. The average molecular weight is 499 g/mol. The topological polar surface area (TPSA) is 88.3 Å². The summed E-state index contributed by atoms with van der Waals surface area (Å²) in [5.74, 6) is -1.91. The van der Waals surface area contributed by atoms with Crippen molar-refractivity contribution < 1.29 is 22.3 Å². The molecule has 0 saturated heterocycles. The highest BCUT2D eigenvalue weighted by atomic mass is 32.2. The number of carbonyl (C=O) groups excluding carboxylic acids is 1. The third-order valence-electron chi connectivity index (χ3n) is 6.67. The number of sulfone groups is 1. The summed E-state index contributed by atoms with van der Waals surface area (Å²) in [5, 5.41) is 2.90. The van der Waals surface area contributed by atoms with E-state index in [-0.39, 0.29) is 24.4 Å². The molecule has 35 heavy (non-hydrogen) atoms. The van der Waals surface area contributed by atoms with E-state index in [0.29, 0.717) is 17.7 Å². The molecule has 4 rings (SSSR count). The van der Waals surface area contributed by atoms with Crippen LogP contribution in [0.25, 0.3) is 0 Å². The average Bonchev–Trinajstić information content (AvgIpc) is 3.35. The summed E-state index contributed by atoms with van der Waals surface area (Å²) in [6.45, 7) is 5.48. The van der Waals surface area contributed by atoms with E-state index in [1.54, 1.807) is 18.3 Å². The van der Waals surface area contributed by atoms with E-state index >= 15 is 0 Å². The second kappa shape index (κ2) is 9.49. The van der Waals surface area contributed by atoms with Crippen molar-refractivity contribution in [3.05, 3.63) is 89.5 Å². The van der Waals surface area contributed by atoms with Crippen molar-refractivity contribution in [3.63, 3.8) is 0 Å². The van der Waals surface area contributed by atoms with Crippen molar-refractivity contribution in [1.82, 2.24) is 10.3 Å². The lowest BCUT2D eigenvalue weighted by atomic mass is 9.74. The van der Waals surface area contributed by atoms with Gasteiger partial charge >= 0.3 is 0 Å². The van der Waals surface area contributed by atoms with Gasteiger partial charge in [-0.3, -0.25) is 4.79 Å². The first-order valence-electron chi connectivity index (χ1n) is 11.8. The molecule has 0 radical (unpaired) electrons. The number of rotatable bonds is 8. The van der Waals surface area contributed by atoms with Crippen molar-refractivity contribution in [2.75, 3.05) is 12.3 Å². The molecule has 0 spiro atoms. The third kappa shape index (κ3) is 4.59. The molecule has 1 amide bonds. The van der Waals surface area contributed by atoms with Gasteiger partial charge in [-0.15, -0.1) is 0 Å². The third-order valence-corrected chi connectivity index (χ3v) is 9.10. The highest BCUT2D eigenvalue weighted by molar-refractivity contribution is 7.93. The van der Waals surface area contributed by atoms with Crippen LogP contribution in [0.1, 0.15) is 49.9 Å². The van der Waals surface area contributed by atoms with Crippen LogP contribution in [0.15, 0.2) is 66.9 Å². The zero-order chi connectivity index (χ0) is 25.3. The Kier molecular flexibility index (Phi) is 6.77. The number of aromatic amines is 1. The van der Waals surface area contributed by atoms with Crippen LogP contribution in [0, 0.1) is 5.82 Å². The standard InChI is InChI=1S/C27H31FN2O4S/c1-4-35(32,33)27(24-11-8-15-29-24,25(31)30-16-14-19-9-6-5-7-10-19)22-18-26(2,3)34-23-13-12-20(28)17-21(22)23/h5-13,15,17,22,29H,4,14,16,18H2,1-3H3,(H,30,31). The van der Waals surface area contributed by atoms with Gasteiger partial charge in [-0.2, -0.15) is 0 Å². The molecule has 8 heteroatoms. The molecule has 1 aromatic heterocycles. The zero-order valence-electron chi connectivity index (χ0n) is 20.2. The van der Waals surface area contributed by atoms with Crippen LogP contribution in [0.3, 0.4) is 0 Å². The second-order valence-electron chi connectivity index (χ2n) is 9.51. The van der Waals surface area contributed by atoms with E-state index in [0.717, 1.165) is 5.56 Å². The number of hydrogen-bond acceptors (Lipinski definition) is 4. The molecule has 0 aliphatic carbocycles. The predicted octanol–water partition coefficient (Wildman–Crippen LogP) is 4.49. The Morgan fingerprint density at radius 1 is 1.17 bits per heavy atom. The SMILES string of the molecule is CCS(=O)(=O)C(C(=O)NCCc1ccccc1)(c1ccc[nH]1)C1CC(C)(C)Oc2ccc(F)cc21. The molecular weight excluding hydrogens is 467 g/mol. The minimum atomic E-state index is -4.07. The first-order chi connectivity index (χ1) is 16.6. The molecule has 0 fully saturated rings. The normalized spacial score (nSPS) is 18.7. The Labute approximate surface area is 205 Å². The quantitative estimate of drug-likeness (QED) is 0.479. The van der Waals surface area contributed by atoms with Gasteiger partial charge in [-0.05, 0) is 62.6 Å². The molecule has 2 N–H and O–H groups in total. The molecule has 186 valence electrons. The Morgan fingerprint density at radius 2 is 1.91 bits per heavy atom. The Morgan fingerprint density at radius 3 is 2.57 bits per heavy atom. The van der Waals surface area contributed by atoms with Crippen molar-refractivity contribution >= 4 is 15.7 Å². The predicted molar refractivity (Wildman–Crippen MR) is 134 cm³/mol. The van der Waals surface area contributed by atoms with Crippen LogP contribution in [-0.2, 0) is 25.8 Å². The fourth-order valence-corrected chi connectivity index (χ4v) is 6.98. The Bertz CT molecular complexity index is 1290. The summed E-state index contributed by atoms with van der Waals surface area (Å²) in [5.41, 5.74) is 0.876. The number of halogens is 1. The smallest absolute Gasteiger partial charge is 0.248 e. The highest BCUT2D eigenvalue weighted by Gasteiger charge is 2.60. The number of aromatic nitrogens is 1. The van der Waals surface area contributed by atoms with Gasteiger partial charge in [0.15, 0.2) is 14.6 Å². The molecule has 2 atom stereocenters. The summed E-state index contributed by atoms with van der Waals surface area (Å²) in [6, 6.07) is 17.0. The van der Waals surface area contributed by atoms with Crippen molar-refractivity contribution in [2.45, 2.75) is 49.9 Å². The summed E-state index contributed by atoms with van der Waals surface area (Å²) in [6.07, 6.45) is 2.35. The lowest BCUT2D eigenvalue weighted by Gasteiger charge is -2.45. The van der Waals surface area contributed by atoms with Crippen molar-refractivity contribution in [1.29, 1.82) is 0 Å². The molecule has 0 bridgehead atoms. The summed E-state index contributed by atoms with van der Waals surface area (Å²) < 4.78 is 46.5. The molecule has 6 nitrogen and oxygen atoms in total. The van der Waals surface area contributed by atoms with Gasteiger partial charge in [-0.1, -0.05) is 37.3 Å². The first kappa shape index (κ1) is 25.0. The van der Waals surface area contributed by atoms with Gasteiger partial charge in [0.25, 0.3) is 0 Å². The fourth-order valence-electron chi connectivity index (χ4n) is 5.07. The van der Waals surface area contributed by atoms with Crippen LogP contribution in [-0.4, -0.2) is 37.2 Å². The zero-order valence-corrected chi connectivity index (χ0v) is 21.0. The monoisotopic (exact) mass is 498 g/mol. The van der Waals surface area contributed by atoms with Gasteiger partial charge in [0, 0.05) is 35.7 Å². The number of carbonyl (C=O) groups is 1. The number of fused-ring (bicyclic) bond motifs is 1. The molecule has 2 aromatic carbocycles. The van der Waals surface area contributed by atoms with Gasteiger partial charge in [0.05, 0.1) is 0 Å². The van der Waals surface area contributed by atoms with E-state index in [1.165, 1.54) is 25.1 Å². The molecule has 2 heterocycles. The maximum Gasteiger partial charge on any atom is 0.248 e. The van der Waals surface area contributed by atoms with Gasteiger partial charge in [0.1, 0.15) is 17.2 Å². The lowest BCUT2D eigenvalue weighted by Crippen LogP contribution is -2.57. The maximum atomic E-state index is 14.4. The lowest BCUT2D eigenvalue weighted by molar-refractivity contribution is -0.125. The second-order valence-corrected chi connectivity index (χ2v) is 12.0. The molecule has 1 aliphatic rings. The number of nitrogens with one attached hydrogen (secondary N) is 2. The first-order valence-corrected chi connectivity index (χ1v) is 13.4. The highest BCUT2D eigenvalue weighted by Crippen LogP contribution is 2.53. The fraction of sp³-hybridized carbons (Fsp3) is 0.370. The van der Waals surface area contributed by atoms with E-state index < -0.39 is 37.8 Å². The summed E-state index contributed by atoms with van der Waals surface area (Å²) >= 11 is 0. The minimum Gasteiger partial charge on any atom is -0.488 e. The van der Waals surface area contributed by atoms with Gasteiger partial charge in [0.2, 0.25) is 5.91 Å². The number of amides is 1. The van der Waals surface area contributed by atoms with E-state index in [4.69, 9.17) is 4.74 Å². The number of ether oxygens (including phenoxy) is 1. The van der Waals surface area contributed by atoms with Crippen molar-refractivity contribution in [3.8, 4) is 5.75 Å². The van der Waals surface area contributed by atoms with Crippen LogP contribution < -0.4 is 10.1 Å². The van der Waals surface area contributed by atoms with Crippen molar-refractivity contribution in [2.24, 2.45) is 0 Å². The number of hydrogen-bond donors (Lipinski definition) is 2. The Balaban J connectivity index is 1.87. The molecule has 0 saturated carbocycles. The van der Waals surface area contributed by atoms with Crippen LogP contribution in [0.5, 0.6) is 5.75 Å². The van der Waals surface area contributed by atoms with E-state index in [1.807, 2.05) is 44.2 Å². The van der Waals surface area contributed by atoms with E-state index in [2.05, 4.69) is 10.3 Å². The molecule has 2 unspecified atom stereocenters. The molecular formula is C27H31FN2O4S. The minimum absolute atomic E-state index is 0.202. The maximum absolute atomic E-state index is 14.4. The van der Waals surface area contributed by atoms with E-state index in [9.17, 15) is 17.6 Å². The Hall–Kier alpha value is -3.13. The number of benzene rings is 2. The van der Waals surface area contributed by atoms with Crippen LogP contribution in [0.2, 0.25) is 0 Å². The largest absolute Gasteiger partial charge is 0.488 e. The van der Waals surface area contributed by atoms with Crippen LogP contribution in [0.4, 0.5) is 4.39 Å². The number of H-pyrrole nitrogens is 1. The van der Waals surface area contributed by atoms with Gasteiger partial charge in [-0.25, -0.2) is 12.8 Å². The molecule has 1 aliphatic heterocycles. The van der Waals surface area contributed by atoms with Gasteiger partial charge < -0.3 is 15.0 Å².